The highest BCUT2D eigenvalue weighted by molar-refractivity contribution is 6.31. The lowest BCUT2D eigenvalue weighted by Crippen LogP contribution is -2.05. The Bertz CT molecular complexity index is 72.0. The maximum Gasteiger partial charge on any atom is 0.371 e. The molecule has 0 unspecified atom stereocenters. The Morgan fingerprint density at radius 3 is 2.00 bits per heavy atom. The fourth-order valence-corrected chi connectivity index (χ4v) is 0. The molecule has 0 rings (SSSR count). The summed E-state index contributed by atoms with van der Waals surface area (Å²) in [5, 5.41) is 7.64. The summed E-state index contributed by atoms with van der Waals surface area (Å²) in [6, 6.07) is 0. The Labute approximate surface area is 34.6 Å². The van der Waals surface area contributed by atoms with Crippen LogP contribution in [0.15, 0.2) is 0 Å². The number of Topliss-reactive ketones (excluding diaryl/α,β-unsaturated/α-hetero) is 1. The van der Waals surface area contributed by atoms with Gasteiger partial charge < -0.3 is 5.11 Å². The van der Waals surface area contributed by atoms with Crippen LogP contribution in [0.3, 0.4) is 0 Å². The first-order valence-electron chi connectivity index (χ1n) is 1.38. The third kappa shape index (κ3) is 1.46. The number of hydrogen-bond acceptors (Lipinski definition) is 2. The van der Waals surface area contributed by atoms with Crippen LogP contribution in [0.2, 0.25) is 0 Å². The van der Waals surface area contributed by atoms with Crippen LogP contribution in [0.1, 0.15) is 6.92 Å². The quantitative estimate of drug-likeness (QED) is 0.448. The van der Waals surface area contributed by atoms with E-state index < -0.39 is 11.8 Å². The molecule has 0 heterocycles. The summed E-state index contributed by atoms with van der Waals surface area (Å²) < 4.78 is 0. The van der Waals surface area contributed by atoms with Crippen molar-refractivity contribution >= 4 is 11.8 Å². The van der Waals surface area contributed by atoms with E-state index in [1.165, 1.54) is 0 Å². The number of carboxylic acid groups (broad SMARTS) is 1. The van der Waals surface area contributed by atoms with Crippen LogP contribution in [-0.4, -0.2) is 16.9 Å². The van der Waals surface area contributed by atoms with E-state index in [1.807, 2.05) is 0 Å². The summed E-state index contributed by atoms with van der Waals surface area (Å²) in [5.74, 6) is -2.20. The standard InChI is InChI=1S/C3H4O3/c1-2(4)3(5)6/h1H3,(H,5,6)/i2+2. The van der Waals surface area contributed by atoms with Crippen LogP contribution in [0, 0.1) is 0 Å². The number of hydrogen-bond donors (Lipinski definition) is 1. The Balaban J connectivity index is 3.57. The van der Waals surface area contributed by atoms with Gasteiger partial charge in [-0.15, -0.1) is 0 Å². The zero-order chi connectivity index (χ0) is 5.15. The van der Waals surface area contributed by atoms with E-state index in [0.29, 0.717) is 0 Å². The van der Waals surface area contributed by atoms with Gasteiger partial charge in [-0.25, -0.2) is 4.79 Å². The molecule has 0 atom stereocenters. The van der Waals surface area contributed by atoms with Gasteiger partial charge in [0.2, 0.25) is 5.78 Å². The van der Waals surface area contributed by atoms with Gasteiger partial charge in [0, 0.05) is 6.92 Å². The van der Waals surface area contributed by atoms with Gasteiger partial charge in [-0.3, -0.25) is 4.79 Å². The van der Waals surface area contributed by atoms with Crippen molar-refractivity contribution < 1.29 is 14.7 Å². The molecule has 0 saturated heterocycles. The first kappa shape index (κ1) is 5.14. The molecule has 0 aliphatic heterocycles. The van der Waals surface area contributed by atoms with E-state index >= 15 is 0 Å². The molecule has 0 fully saturated rings. The van der Waals surface area contributed by atoms with Crippen LogP contribution < -0.4 is 0 Å². The molecule has 34 valence electrons. The van der Waals surface area contributed by atoms with Gasteiger partial charge in [-0.1, -0.05) is 0 Å². The van der Waals surface area contributed by atoms with Crippen LogP contribution in [0.25, 0.3) is 0 Å². The molecule has 0 aromatic rings. The molecule has 3 nitrogen and oxygen atoms in total. The second-order valence-electron chi connectivity index (χ2n) is 0.861. The molecule has 0 radical (unpaired) electrons. The topological polar surface area (TPSA) is 54.4 Å². The van der Waals surface area contributed by atoms with Gasteiger partial charge in [-0.05, 0) is 0 Å². The summed E-state index contributed by atoms with van der Waals surface area (Å²) in [6.07, 6.45) is 0. The fraction of sp³-hybridized carbons (Fsp3) is 0.333. The number of aliphatic carboxylic acids is 1. The molecule has 0 aliphatic rings. The summed E-state index contributed by atoms with van der Waals surface area (Å²) in [6.45, 7) is 1.00. The van der Waals surface area contributed by atoms with E-state index in [0.717, 1.165) is 6.92 Å². The minimum absolute atomic E-state index is 0.824. The van der Waals surface area contributed by atoms with Crippen molar-refractivity contribution in [3.63, 3.8) is 0 Å². The second-order valence-corrected chi connectivity index (χ2v) is 0.861. The van der Waals surface area contributed by atoms with E-state index in [2.05, 4.69) is 0 Å². The van der Waals surface area contributed by atoms with Crippen molar-refractivity contribution in [3.8, 4) is 0 Å². The fourth-order valence-electron chi connectivity index (χ4n) is 0. The summed E-state index contributed by atoms with van der Waals surface area (Å²) in [7, 11) is 0. The highest BCUT2D eigenvalue weighted by Gasteiger charge is 1.98. The van der Waals surface area contributed by atoms with E-state index in [4.69, 9.17) is 5.11 Å². The lowest BCUT2D eigenvalue weighted by atomic mass is 11.1. The van der Waals surface area contributed by atoms with Gasteiger partial charge >= 0.3 is 5.97 Å². The number of ketones is 1. The van der Waals surface area contributed by atoms with Gasteiger partial charge in [0.15, 0.2) is 0 Å². The number of rotatable bonds is 1. The Morgan fingerprint density at radius 1 is 1.83 bits per heavy atom. The normalized spacial score (nSPS) is 7.50. The SMILES string of the molecule is C[14C](=O)C(=O)O. The summed E-state index contributed by atoms with van der Waals surface area (Å²) >= 11 is 0. The number of carbonyl (C=O) groups excluding carboxylic acids is 1. The third-order valence-electron chi connectivity index (χ3n) is 0.301. The second kappa shape index (κ2) is 1.55. The van der Waals surface area contributed by atoms with Crippen LogP contribution in [-0.2, 0) is 9.59 Å². The Morgan fingerprint density at radius 2 is 2.00 bits per heavy atom. The van der Waals surface area contributed by atoms with Crippen molar-refractivity contribution in [2.75, 3.05) is 0 Å². The predicted octanol–water partition coefficient (Wildman–Crippen LogP) is -0.340. The molecule has 0 aromatic heterocycles. The lowest BCUT2D eigenvalue weighted by Gasteiger charge is -1.73. The minimum atomic E-state index is -1.38. The average molecular weight is 90.1 g/mol. The van der Waals surface area contributed by atoms with E-state index in [1.54, 1.807) is 0 Å². The molecule has 0 saturated carbocycles. The van der Waals surface area contributed by atoms with Crippen LogP contribution in [0.4, 0.5) is 0 Å². The van der Waals surface area contributed by atoms with Gasteiger partial charge in [-0.2, -0.15) is 0 Å². The maximum absolute atomic E-state index is 9.54. The van der Waals surface area contributed by atoms with E-state index in [9.17, 15) is 9.59 Å². The average Bonchev–Trinajstić information content (AvgIpc) is 1.36. The highest BCUT2D eigenvalue weighted by atomic mass is 16.4. The van der Waals surface area contributed by atoms with Crippen LogP contribution in [0.5, 0.6) is 0 Å². The maximum atomic E-state index is 9.54. The van der Waals surface area contributed by atoms with Gasteiger partial charge in [0.05, 0.1) is 0 Å². The molecule has 1 N–H and O–H groups in total. The monoisotopic (exact) mass is 90.0 g/mol. The largest absolute Gasteiger partial charge is 0.476 e. The molecule has 0 amide bonds. The van der Waals surface area contributed by atoms with Crippen molar-refractivity contribution in [2.24, 2.45) is 0 Å². The van der Waals surface area contributed by atoms with Crippen LogP contribution >= 0.6 is 0 Å². The molecule has 0 aliphatic carbocycles. The molecular weight excluding hydrogens is 86.0 g/mol. The molecule has 6 heavy (non-hydrogen) atoms. The predicted molar refractivity (Wildman–Crippen MR) is 18.3 cm³/mol. The van der Waals surface area contributed by atoms with Gasteiger partial charge in [0.1, 0.15) is 0 Å². The first-order valence-corrected chi connectivity index (χ1v) is 1.38. The molecular formula is C3H4O3. The Hall–Kier alpha value is -0.860. The lowest BCUT2D eigenvalue weighted by molar-refractivity contribution is -0.148. The molecule has 0 bridgehead atoms. The zero-order valence-corrected chi connectivity index (χ0v) is 3.26. The summed E-state index contributed by atoms with van der Waals surface area (Å²) in [5.41, 5.74) is 0. The van der Waals surface area contributed by atoms with Crippen molar-refractivity contribution in [1.82, 2.24) is 0 Å². The number of carbonyl (C=O) groups is 2. The van der Waals surface area contributed by atoms with E-state index in [-0.39, 0.29) is 0 Å². The Kier molecular flexibility index (Phi) is 1.32. The van der Waals surface area contributed by atoms with Gasteiger partial charge in [0.25, 0.3) is 0 Å². The summed E-state index contributed by atoms with van der Waals surface area (Å²) in [4.78, 5) is 18.9. The molecule has 3 heteroatoms. The smallest absolute Gasteiger partial charge is 0.371 e. The molecule has 0 aromatic carbocycles. The third-order valence-corrected chi connectivity index (χ3v) is 0.301. The number of carboxylic acids is 1. The van der Waals surface area contributed by atoms with Crippen molar-refractivity contribution in [2.45, 2.75) is 6.92 Å². The zero-order valence-electron chi connectivity index (χ0n) is 3.26. The van der Waals surface area contributed by atoms with Crippen molar-refractivity contribution in [3.05, 3.63) is 0 Å². The highest BCUT2D eigenvalue weighted by Crippen LogP contribution is 1.61. The van der Waals surface area contributed by atoms with Crippen molar-refractivity contribution in [1.29, 1.82) is 0 Å². The minimum Gasteiger partial charge on any atom is -0.476 e. The first-order chi connectivity index (χ1) is 2.64. The molecule has 0 spiro atoms.